The van der Waals surface area contributed by atoms with E-state index in [0.29, 0.717) is 18.0 Å². The van der Waals surface area contributed by atoms with Crippen LogP contribution in [0.15, 0.2) is 48.5 Å². The Morgan fingerprint density at radius 2 is 1.83 bits per heavy atom. The summed E-state index contributed by atoms with van der Waals surface area (Å²) in [5.41, 5.74) is 3.20. The monoisotopic (exact) mass is 397 g/mol. The van der Waals surface area contributed by atoms with E-state index in [0.717, 1.165) is 44.0 Å². The Kier molecular flexibility index (Phi) is 7.67. The molecule has 6 heteroatoms. The molecule has 1 aliphatic heterocycles. The van der Waals surface area contributed by atoms with Crippen molar-refractivity contribution in [3.8, 4) is 11.5 Å². The van der Waals surface area contributed by atoms with E-state index in [4.69, 9.17) is 14.2 Å². The molecular weight excluding hydrogens is 368 g/mol. The molecule has 0 radical (unpaired) electrons. The third kappa shape index (κ3) is 5.82. The van der Waals surface area contributed by atoms with E-state index >= 15 is 0 Å². The van der Waals surface area contributed by atoms with Crippen molar-refractivity contribution in [2.45, 2.75) is 13.1 Å². The lowest BCUT2D eigenvalue weighted by Crippen LogP contribution is -3.12. The summed E-state index contributed by atoms with van der Waals surface area (Å²) in [6.45, 7) is 5.11. The molecule has 1 amide bonds. The smallest absolute Gasteiger partial charge is 0.244 e. The van der Waals surface area contributed by atoms with Crippen molar-refractivity contribution in [1.29, 1.82) is 0 Å². The van der Waals surface area contributed by atoms with Crippen molar-refractivity contribution < 1.29 is 23.9 Å². The molecule has 0 spiro atoms. The van der Waals surface area contributed by atoms with Crippen LogP contribution in [0.5, 0.6) is 11.5 Å². The molecular formula is C23H29N2O4+. The van der Waals surface area contributed by atoms with Gasteiger partial charge in [-0.1, -0.05) is 36.4 Å². The van der Waals surface area contributed by atoms with Crippen LogP contribution in [0.3, 0.4) is 0 Å². The zero-order valence-corrected chi connectivity index (χ0v) is 17.1. The van der Waals surface area contributed by atoms with Crippen LogP contribution in [-0.4, -0.2) is 46.4 Å². The summed E-state index contributed by atoms with van der Waals surface area (Å²) < 4.78 is 16.1. The van der Waals surface area contributed by atoms with E-state index in [1.807, 2.05) is 24.3 Å². The molecule has 0 aliphatic carbocycles. The zero-order chi connectivity index (χ0) is 20.5. The van der Waals surface area contributed by atoms with E-state index < -0.39 is 0 Å². The summed E-state index contributed by atoms with van der Waals surface area (Å²) in [4.78, 5) is 13.9. The third-order valence-corrected chi connectivity index (χ3v) is 5.06. The average Bonchev–Trinajstić information content (AvgIpc) is 2.77. The molecule has 1 fully saturated rings. The highest BCUT2D eigenvalue weighted by Crippen LogP contribution is 2.31. The first-order chi connectivity index (χ1) is 14.2. The van der Waals surface area contributed by atoms with E-state index in [9.17, 15) is 4.79 Å². The van der Waals surface area contributed by atoms with Crippen LogP contribution >= 0.6 is 0 Å². The van der Waals surface area contributed by atoms with Crippen LogP contribution in [0, 0.1) is 0 Å². The van der Waals surface area contributed by atoms with Gasteiger partial charge in [0, 0.05) is 23.7 Å². The van der Waals surface area contributed by atoms with Crippen LogP contribution < -0.4 is 19.7 Å². The topological polar surface area (TPSA) is 61.2 Å². The lowest BCUT2D eigenvalue weighted by atomic mass is 10.1. The highest BCUT2D eigenvalue weighted by Gasteiger charge is 2.16. The van der Waals surface area contributed by atoms with Gasteiger partial charge in [-0.25, -0.2) is 0 Å². The highest BCUT2D eigenvalue weighted by molar-refractivity contribution is 5.92. The van der Waals surface area contributed by atoms with Crippen molar-refractivity contribution in [3.63, 3.8) is 0 Å². The van der Waals surface area contributed by atoms with E-state index in [2.05, 4.69) is 23.5 Å². The Hall–Kier alpha value is -2.83. The van der Waals surface area contributed by atoms with E-state index in [1.165, 1.54) is 16.5 Å². The number of nitrogens with one attached hydrogen (secondary N) is 2. The largest absolute Gasteiger partial charge is 0.493 e. The van der Waals surface area contributed by atoms with Crippen LogP contribution in [0.4, 0.5) is 0 Å². The molecule has 29 heavy (non-hydrogen) atoms. The standard InChI is InChI=1S/C23H28N2O4/c1-27-21-9-5-8-18(23(21)28-2)10-11-22(26)24-16-19-6-3-4-7-20(19)17-25-12-14-29-15-13-25/h3-11H,12-17H2,1-2H3,(H,24,26)/p+1/b11-10+. The maximum atomic E-state index is 12.4. The molecule has 0 saturated carbocycles. The normalized spacial score (nSPS) is 14.7. The number of quaternary nitrogens is 1. The lowest BCUT2D eigenvalue weighted by molar-refractivity contribution is -0.921. The van der Waals surface area contributed by atoms with Crippen molar-refractivity contribution in [3.05, 3.63) is 65.2 Å². The van der Waals surface area contributed by atoms with Gasteiger partial charge in [0.25, 0.3) is 0 Å². The molecule has 2 aromatic rings. The second-order valence-corrected chi connectivity index (χ2v) is 6.94. The molecule has 1 heterocycles. The Balaban J connectivity index is 1.60. The molecule has 3 rings (SSSR count). The van der Waals surface area contributed by atoms with Gasteiger partial charge in [-0.3, -0.25) is 4.79 Å². The number of morpholine rings is 1. The molecule has 0 aromatic heterocycles. The number of carbonyl (C=O) groups excluding carboxylic acids is 1. The van der Waals surface area contributed by atoms with Crippen molar-refractivity contribution >= 4 is 12.0 Å². The summed E-state index contributed by atoms with van der Waals surface area (Å²) in [6, 6.07) is 13.8. The Morgan fingerprint density at radius 3 is 2.55 bits per heavy atom. The van der Waals surface area contributed by atoms with Crippen LogP contribution in [0.2, 0.25) is 0 Å². The Labute approximate surface area is 172 Å². The van der Waals surface area contributed by atoms with Crippen LogP contribution in [0.25, 0.3) is 6.08 Å². The predicted octanol–water partition coefficient (Wildman–Crippen LogP) is 1.45. The van der Waals surface area contributed by atoms with Gasteiger partial charge in [0.1, 0.15) is 19.6 Å². The number of para-hydroxylation sites is 1. The number of amides is 1. The molecule has 6 nitrogen and oxygen atoms in total. The van der Waals surface area contributed by atoms with Crippen molar-refractivity contribution in [2.24, 2.45) is 0 Å². The van der Waals surface area contributed by atoms with E-state index in [1.54, 1.807) is 20.3 Å². The third-order valence-electron chi connectivity index (χ3n) is 5.06. The summed E-state index contributed by atoms with van der Waals surface area (Å²) >= 11 is 0. The fraction of sp³-hybridized carbons (Fsp3) is 0.348. The first-order valence-electron chi connectivity index (χ1n) is 9.86. The molecule has 2 N–H and O–H groups in total. The van der Waals surface area contributed by atoms with Crippen molar-refractivity contribution in [1.82, 2.24) is 5.32 Å². The summed E-state index contributed by atoms with van der Waals surface area (Å²) in [6.07, 6.45) is 3.26. The summed E-state index contributed by atoms with van der Waals surface area (Å²) in [7, 11) is 3.18. The number of rotatable bonds is 8. The van der Waals surface area contributed by atoms with Gasteiger partial charge in [-0.05, 0) is 17.7 Å². The van der Waals surface area contributed by atoms with Crippen LogP contribution in [0.1, 0.15) is 16.7 Å². The minimum absolute atomic E-state index is 0.150. The molecule has 0 atom stereocenters. The maximum Gasteiger partial charge on any atom is 0.244 e. The van der Waals surface area contributed by atoms with Crippen molar-refractivity contribution in [2.75, 3.05) is 40.5 Å². The Morgan fingerprint density at radius 1 is 1.07 bits per heavy atom. The number of methoxy groups -OCH3 is 2. The molecule has 2 aromatic carbocycles. The minimum Gasteiger partial charge on any atom is -0.493 e. The number of benzene rings is 2. The number of ether oxygens (including phenoxy) is 3. The number of hydrogen-bond donors (Lipinski definition) is 2. The van der Waals surface area contributed by atoms with Crippen LogP contribution in [-0.2, 0) is 22.6 Å². The highest BCUT2D eigenvalue weighted by atomic mass is 16.5. The average molecular weight is 397 g/mol. The maximum absolute atomic E-state index is 12.4. The molecule has 154 valence electrons. The second-order valence-electron chi connectivity index (χ2n) is 6.94. The second kappa shape index (κ2) is 10.6. The number of carbonyl (C=O) groups is 1. The number of hydrogen-bond acceptors (Lipinski definition) is 4. The van der Waals surface area contributed by atoms with Gasteiger partial charge >= 0.3 is 0 Å². The van der Waals surface area contributed by atoms with Gasteiger partial charge in [-0.15, -0.1) is 0 Å². The molecule has 0 bridgehead atoms. The quantitative estimate of drug-likeness (QED) is 0.662. The van der Waals surface area contributed by atoms with Gasteiger partial charge in [0.2, 0.25) is 5.91 Å². The summed E-state index contributed by atoms with van der Waals surface area (Å²) in [5.74, 6) is 1.09. The first kappa shape index (κ1) is 20.9. The fourth-order valence-electron chi connectivity index (χ4n) is 3.46. The first-order valence-corrected chi connectivity index (χ1v) is 9.86. The van der Waals surface area contributed by atoms with Gasteiger partial charge < -0.3 is 24.4 Å². The predicted molar refractivity (Wildman–Crippen MR) is 112 cm³/mol. The van der Waals surface area contributed by atoms with Gasteiger partial charge in [-0.2, -0.15) is 0 Å². The minimum atomic E-state index is -0.150. The Bertz CT molecular complexity index is 845. The molecule has 1 saturated heterocycles. The molecule has 0 unspecified atom stereocenters. The fourth-order valence-corrected chi connectivity index (χ4v) is 3.46. The van der Waals surface area contributed by atoms with E-state index in [-0.39, 0.29) is 5.91 Å². The lowest BCUT2D eigenvalue weighted by Gasteiger charge is -2.24. The zero-order valence-electron chi connectivity index (χ0n) is 17.1. The SMILES string of the molecule is COc1cccc(/C=C/C(=O)NCc2ccccc2C[NH+]2CCOCC2)c1OC. The summed E-state index contributed by atoms with van der Waals surface area (Å²) in [5, 5.41) is 2.98. The molecule has 1 aliphatic rings. The van der Waals surface area contributed by atoms with Gasteiger partial charge in [0.15, 0.2) is 11.5 Å². The van der Waals surface area contributed by atoms with Gasteiger partial charge in [0.05, 0.1) is 27.4 Å².